The quantitative estimate of drug-likeness (QED) is 0.722. The summed E-state index contributed by atoms with van der Waals surface area (Å²) in [5.41, 5.74) is 7.46. The number of hydrogen-bond acceptors (Lipinski definition) is 5. The topological polar surface area (TPSA) is 118 Å². The first-order valence-electron chi connectivity index (χ1n) is 9.20. The average Bonchev–Trinajstić information content (AvgIpc) is 3.36. The van der Waals surface area contributed by atoms with Crippen molar-refractivity contribution in [2.75, 3.05) is 13.1 Å². The number of hydrogen-bond donors (Lipinski definition) is 2. The highest BCUT2D eigenvalue weighted by Crippen LogP contribution is 2.28. The van der Waals surface area contributed by atoms with E-state index in [0.29, 0.717) is 30.4 Å². The summed E-state index contributed by atoms with van der Waals surface area (Å²) in [6.45, 7) is 2.92. The van der Waals surface area contributed by atoms with E-state index in [-0.39, 0.29) is 17.5 Å². The van der Waals surface area contributed by atoms with E-state index in [2.05, 4.69) is 15.2 Å². The predicted octanol–water partition coefficient (Wildman–Crippen LogP) is 2.49. The van der Waals surface area contributed by atoms with Gasteiger partial charge in [-0.1, -0.05) is 18.2 Å². The number of aromatic amines is 1. The molecule has 3 heterocycles. The van der Waals surface area contributed by atoms with E-state index in [1.807, 2.05) is 30.3 Å². The van der Waals surface area contributed by atoms with Gasteiger partial charge in [0.25, 0.3) is 11.8 Å². The Hall–Kier alpha value is -3.42. The first-order valence-corrected chi connectivity index (χ1v) is 9.20. The van der Waals surface area contributed by atoms with Crippen LogP contribution in [0.15, 0.2) is 40.8 Å². The number of benzene rings is 1. The number of carbonyl (C=O) groups is 2. The predicted molar refractivity (Wildman–Crippen MR) is 102 cm³/mol. The van der Waals surface area contributed by atoms with Crippen LogP contribution in [0.5, 0.6) is 0 Å². The number of nitrogens with zero attached hydrogens (tertiary/aromatic N) is 3. The summed E-state index contributed by atoms with van der Waals surface area (Å²) in [7, 11) is 0. The Kier molecular flexibility index (Phi) is 4.68. The molecule has 3 aromatic rings. The Morgan fingerprint density at radius 2 is 2.07 bits per heavy atom. The molecule has 0 spiro atoms. The van der Waals surface area contributed by atoms with E-state index in [4.69, 9.17) is 10.2 Å². The third-order valence-electron chi connectivity index (χ3n) is 5.02. The lowest BCUT2D eigenvalue weighted by atomic mass is 9.94. The molecule has 28 heavy (non-hydrogen) atoms. The number of aromatic nitrogens is 3. The molecule has 2 aromatic heterocycles. The van der Waals surface area contributed by atoms with Gasteiger partial charge in [-0.25, -0.2) is 4.98 Å². The summed E-state index contributed by atoms with van der Waals surface area (Å²) >= 11 is 0. The number of oxazole rings is 1. The van der Waals surface area contributed by atoms with Crippen molar-refractivity contribution in [2.24, 2.45) is 5.73 Å². The zero-order valence-corrected chi connectivity index (χ0v) is 15.5. The van der Waals surface area contributed by atoms with Crippen LogP contribution in [0.2, 0.25) is 0 Å². The number of likely N-dealkylation sites (tertiary alicyclic amines) is 1. The van der Waals surface area contributed by atoms with Crippen molar-refractivity contribution < 1.29 is 14.0 Å². The summed E-state index contributed by atoms with van der Waals surface area (Å²) in [5, 5.41) is 6.81. The molecule has 8 heteroatoms. The van der Waals surface area contributed by atoms with Gasteiger partial charge in [0.1, 0.15) is 11.5 Å². The second-order valence-electron chi connectivity index (χ2n) is 6.95. The molecule has 2 amide bonds. The van der Waals surface area contributed by atoms with Crippen LogP contribution in [0.25, 0.3) is 11.5 Å². The summed E-state index contributed by atoms with van der Waals surface area (Å²) in [6, 6.07) is 11.2. The smallest absolute Gasteiger partial charge is 0.276 e. The second kappa shape index (κ2) is 7.30. The molecule has 1 aromatic carbocycles. The monoisotopic (exact) mass is 379 g/mol. The number of carbonyl (C=O) groups excluding carboxylic acids is 2. The van der Waals surface area contributed by atoms with Crippen molar-refractivity contribution in [3.8, 4) is 11.5 Å². The third kappa shape index (κ3) is 3.40. The molecule has 0 bridgehead atoms. The number of primary amides is 1. The van der Waals surface area contributed by atoms with Gasteiger partial charge in [-0.3, -0.25) is 14.7 Å². The van der Waals surface area contributed by atoms with Gasteiger partial charge >= 0.3 is 0 Å². The maximum atomic E-state index is 13.1. The van der Waals surface area contributed by atoms with Crippen LogP contribution in [-0.4, -0.2) is 45.0 Å². The Morgan fingerprint density at radius 1 is 1.29 bits per heavy atom. The molecular formula is C20H21N5O3. The molecular weight excluding hydrogens is 358 g/mol. The van der Waals surface area contributed by atoms with E-state index in [1.54, 1.807) is 17.9 Å². The highest BCUT2D eigenvalue weighted by molar-refractivity contribution is 5.94. The fourth-order valence-corrected chi connectivity index (χ4v) is 3.54. The third-order valence-corrected chi connectivity index (χ3v) is 5.02. The number of rotatable bonds is 4. The highest BCUT2D eigenvalue weighted by Gasteiger charge is 2.30. The van der Waals surface area contributed by atoms with Crippen molar-refractivity contribution in [2.45, 2.75) is 25.7 Å². The zero-order chi connectivity index (χ0) is 19.7. The zero-order valence-electron chi connectivity index (χ0n) is 15.5. The number of nitrogens with one attached hydrogen (secondary N) is 1. The second-order valence-corrected chi connectivity index (χ2v) is 6.95. The molecule has 1 aliphatic heterocycles. The lowest BCUT2D eigenvalue weighted by molar-refractivity contribution is 0.0698. The van der Waals surface area contributed by atoms with Crippen molar-refractivity contribution in [1.82, 2.24) is 20.1 Å². The SMILES string of the molecule is Cc1oc(-c2ccccc2)nc1C(=O)N1CCC[C@@H](c2cc(C(N)=O)n[nH]2)C1. The van der Waals surface area contributed by atoms with Crippen LogP contribution in [-0.2, 0) is 0 Å². The molecule has 1 fully saturated rings. The maximum Gasteiger partial charge on any atom is 0.276 e. The van der Waals surface area contributed by atoms with Gasteiger partial charge in [-0.15, -0.1) is 0 Å². The van der Waals surface area contributed by atoms with Crippen molar-refractivity contribution in [3.63, 3.8) is 0 Å². The number of amides is 2. The summed E-state index contributed by atoms with van der Waals surface area (Å²) in [5.74, 6) is 0.290. The maximum absolute atomic E-state index is 13.1. The lowest BCUT2D eigenvalue weighted by Gasteiger charge is -2.31. The molecule has 8 nitrogen and oxygen atoms in total. The summed E-state index contributed by atoms with van der Waals surface area (Å²) in [6.07, 6.45) is 1.75. The van der Waals surface area contributed by atoms with E-state index in [1.165, 1.54) is 0 Å². The van der Waals surface area contributed by atoms with Gasteiger partial charge in [-0.2, -0.15) is 5.10 Å². The van der Waals surface area contributed by atoms with Crippen LogP contribution in [0, 0.1) is 6.92 Å². The number of nitrogens with two attached hydrogens (primary N) is 1. The van der Waals surface area contributed by atoms with Crippen LogP contribution in [0.1, 0.15) is 51.2 Å². The number of H-pyrrole nitrogens is 1. The Labute approximate surface area is 161 Å². The minimum absolute atomic E-state index is 0.0686. The summed E-state index contributed by atoms with van der Waals surface area (Å²) < 4.78 is 5.73. The van der Waals surface area contributed by atoms with Crippen LogP contribution < -0.4 is 5.73 Å². The Morgan fingerprint density at radius 3 is 2.79 bits per heavy atom. The van der Waals surface area contributed by atoms with Gasteiger partial charge in [0.05, 0.1) is 0 Å². The highest BCUT2D eigenvalue weighted by atomic mass is 16.4. The molecule has 144 valence electrons. The standard InChI is InChI=1S/C20H21N5O3/c1-12-17(22-19(28-12)13-6-3-2-4-7-13)20(27)25-9-5-8-14(11-25)15-10-16(18(21)26)24-23-15/h2-4,6-7,10,14H,5,8-9,11H2,1H3,(H2,21,26)(H,23,24)/t14-/m1/s1. The largest absolute Gasteiger partial charge is 0.441 e. The van der Waals surface area contributed by atoms with Crippen molar-refractivity contribution in [3.05, 3.63) is 59.2 Å². The van der Waals surface area contributed by atoms with Crippen LogP contribution >= 0.6 is 0 Å². The Bertz CT molecular complexity index is 1010. The minimum Gasteiger partial charge on any atom is -0.441 e. The van der Waals surface area contributed by atoms with Gasteiger partial charge in [0.2, 0.25) is 5.89 Å². The van der Waals surface area contributed by atoms with E-state index in [9.17, 15) is 9.59 Å². The molecule has 4 rings (SSSR count). The fourth-order valence-electron chi connectivity index (χ4n) is 3.54. The molecule has 3 N–H and O–H groups in total. The minimum atomic E-state index is -0.571. The molecule has 1 atom stereocenters. The first kappa shape index (κ1) is 18.0. The van der Waals surface area contributed by atoms with Gasteiger partial charge in [0.15, 0.2) is 5.69 Å². The van der Waals surface area contributed by atoms with Crippen molar-refractivity contribution in [1.29, 1.82) is 0 Å². The van der Waals surface area contributed by atoms with E-state index in [0.717, 1.165) is 24.1 Å². The summed E-state index contributed by atoms with van der Waals surface area (Å²) in [4.78, 5) is 30.5. The van der Waals surface area contributed by atoms with Crippen molar-refractivity contribution >= 4 is 11.8 Å². The number of piperidine rings is 1. The Balaban J connectivity index is 1.53. The molecule has 1 saturated heterocycles. The molecule has 0 aliphatic carbocycles. The fraction of sp³-hybridized carbons (Fsp3) is 0.300. The number of aryl methyl sites for hydroxylation is 1. The first-order chi connectivity index (χ1) is 13.5. The van der Waals surface area contributed by atoms with Crippen LogP contribution in [0.4, 0.5) is 0 Å². The van der Waals surface area contributed by atoms with Gasteiger partial charge in [-0.05, 0) is 38.0 Å². The van der Waals surface area contributed by atoms with E-state index >= 15 is 0 Å². The molecule has 0 saturated carbocycles. The lowest BCUT2D eigenvalue weighted by Crippen LogP contribution is -2.39. The van der Waals surface area contributed by atoms with Crippen LogP contribution in [0.3, 0.4) is 0 Å². The van der Waals surface area contributed by atoms with Gasteiger partial charge < -0.3 is 15.1 Å². The normalized spacial score (nSPS) is 16.9. The molecule has 1 aliphatic rings. The average molecular weight is 379 g/mol. The van der Waals surface area contributed by atoms with Gasteiger partial charge in [0, 0.05) is 30.3 Å². The molecule has 0 unspecified atom stereocenters. The van der Waals surface area contributed by atoms with E-state index < -0.39 is 5.91 Å². The molecule has 0 radical (unpaired) electrons.